The van der Waals surface area contributed by atoms with E-state index in [1.54, 1.807) is 11.8 Å². The van der Waals surface area contributed by atoms with Crippen molar-refractivity contribution in [2.45, 2.75) is 37.2 Å². The summed E-state index contributed by atoms with van der Waals surface area (Å²) < 4.78 is 0. The molecule has 0 bridgehead atoms. The molecule has 24 heavy (non-hydrogen) atoms. The lowest BCUT2D eigenvalue weighted by molar-refractivity contribution is -0.119. The van der Waals surface area contributed by atoms with Gasteiger partial charge in [-0.1, -0.05) is 12.1 Å². The molecule has 0 spiro atoms. The first kappa shape index (κ1) is 21.1. The lowest BCUT2D eigenvalue weighted by Crippen LogP contribution is -2.39. The van der Waals surface area contributed by atoms with Crippen LogP contribution in [0.5, 0.6) is 0 Å². The lowest BCUT2D eigenvalue weighted by Gasteiger charge is -2.22. The second-order valence-electron chi connectivity index (χ2n) is 5.72. The number of thioether (sulfide) groups is 1. The predicted molar refractivity (Wildman–Crippen MR) is 112 cm³/mol. The van der Waals surface area contributed by atoms with E-state index in [1.807, 2.05) is 18.9 Å². The molecular formula is C17H27IN4OS. The van der Waals surface area contributed by atoms with Gasteiger partial charge in [-0.3, -0.25) is 4.79 Å². The zero-order chi connectivity index (χ0) is 16.7. The van der Waals surface area contributed by atoms with Crippen molar-refractivity contribution in [1.29, 1.82) is 0 Å². The fourth-order valence-corrected chi connectivity index (χ4v) is 2.61. The van der Waals surface area contributed by atoms with Gasteiger partial charge in [-0.15, -0.1) is 35.7 Å². The van der Waals surface area contributed by atoms with Crippen molar-refractivity contribution in [3.05, 3.63) is 29.8 Å². The molecule has 1 aliphatic rings. The zero-order valence-corrected chi connectivity index (χ0v) is 17.7. The number of hydrogen-bond acceptors (Lipinski definition) is 3. The Kier molecular flexibility index (Phi) is 9.50. The Balaban J connectivity index is 0.00000288. The highest BCUT2D eigenvalue weighted by molar-refractivity contribution is 14.0. The Bertz CT molecular complexity index is 546. The topological polar surface area (TPSA) is 56.7 Å². The van der Waals surface area contributed by atoms with Crippen LogP contribution in [0, 0.1) is 0 Å². The fraction of sp³-hybridized carbons (Fsp3) is 0.529. The van der Waals surface area contributed by atoms with E-state index in [0.717, 1.165) is 31.9 Å². The van der Waals surface area contributed by atoms with Crippen LogP contribution in [-0.2, 0) is 11.3 Å². The van der Waals surface area contributed by atoms with Gasteiger partial charge in [0.1, 0.15) is 6.54 Å². The summed E-state index contributed by atoms with van der Waals surface area (Å²) in [5.74, 6) is 0.757. The Morgan fingerprint density at radius 3 is 2.54 bits per heavy atom. The number of guanidine groups is 1. The van der Waals surface area contributed by atoms with Crippen LogP contribution in [-0.4, -0.2) is 49.2 Å². The van der Waals surface area contributed by atoms with Crippen molar-refractivity contribution in [2.75, 3.05) is 26.4 Å². The summed E-state index contributed by atoms with van der Waals surface area (Å²) in [6, 6.07) is 8.90. The van der Waals surface area contributed by atoms with E-state index in [2.05, 4.69) is 46.1 Å². The average Bonchev–Trinajstić information content (AvgIpc) is 3.36. The zero-order valence-electron chi connectivity index (χ0n) is 14.5. The number of hydrogen-bond donors (Lipinski definition) is 2. The summed E-state index contributed by atoms with van der Waals surface area (Å²) in [5, 5.41) is 6.20. The van der Waals surface area contributed by atoms with Gasteiger partial charge in [0.15, 0.2) is 5.96 Å². The van der Waals surface area contributed by atoms with E-state index < -0.39 is 0 Å². The van der Waals surface area contributed by atoms with E-state index in [-0.39, 0.29) is 36.4 Å². The maximum Gasteiger partial charge on any atom is 0.242 e. The first-order valence-electron chi connectivity index (χ1n) is 8.04. The Morgan fingerprint density at radius 2 is 2.00 bits per heavy atom. The van der Waals surface area contributed by atoms with Crippen molar-refractivity contribution < 1.29 is 4.79 Å². The number of nitrogens with one attached hydrogen (secondary N) is 2. The summed E-state index contributed by atoms with van der Waals surface area (Å²) in [5.41, 5.74) is 1.22. The summed E-state index contributed by atoms with van der Waals surface area (Å²) in [4.78, 5) is 19.5. The highest BCUT2D eigenvalue weighted by atomic mass is 127. The number of benzene rings is 1. The van der Waals surface area contributed by atoms with Crippen molar-refractivity contribution in [2.24, 2.45) is 4.99 Å². The van der Waals surface area contributed by atoms with Gasteiger partial charge in [0.2, 0.25) is 5.91 Å². The molecule has 1 aromatic carbocycles. The smallest absolute Gasteiger partial charge is 0.242 e. The Morgan fingerprint density at radius 1 is 1.33 bits per heavy atom. The van der Waals surface area contributed by atoms with E-state index in [9.17, 15) is 4.79 Å². The highest BCUT2D eigenvalue weighted by Crippen LogP contribution is 2.18. The van der Waals surface area contributed by atoms with Gasteiger partial charge < -0.3 is 15.5 Å². The second-order valence-corrected chi connectivity index (χ2v) is 6.60. The predicted octanol–water partition coefficient (Wildman–Crippen LogP) is 2.70. The van der Waals surface area contributed by atoms with Crippen LogP contribution in [0.25, 0.3) is 0 Å². The Labute approximate surface area is 166 Å². The average molecular weight is 462 g/mol. The molecule has 2 rings (SSSR count). The molecule has 2 N–H and O–H groups in total. The number of rotatable bonds is 7. The quantitative estimate of drug-likeness (QED) is 0.283. The maximum atomic E-state index is 11.8. The molecule has 1 saturated carbocycles. The number of halogens is 1. The lowest BCUT2D eigenvalue weighted by atomic mass is 10.2. The number of carbonyl (C=O) groups is 1. The molecule has 1 amide bonds. The normalized spacial score (nSPS) is 13.9. The summed E-state index contributed by atoms with van der Waals surface area (Å²) >= 11 is 1.74. The third-order valence-electron chi connectivity index (χ3n) is 3.59. The van der Waals surface area contributed by atoms with Crippen LogP contribution in [0.4, 0.5) is 0 Å². The monoisotopic (exact) mass is 462 g/mol. The van der Waals surface area contributed by atoms with Crippen LogP contribution >= 0.6 is 35.7 Å². The van der Waals surface area contributed by atoms with Crippen LogP contribution in [0.15, 0.2) is 34.2 Å². The molecule has 0 aliphatic heterocycles. The molecule has 1 fully saturated rings. The summed E-state index contributed by atoms with van der Waals surface area (Å²) in [6.07, 6.45) is 4.27. The molecular weight excluding hydrogens is 435 g/mol. The van der Waals surface area contributed by atoms with E-state index in [1.165, 1.54) is 10.5 Å². The third-order valence-corrected chi connectivity index (χ3v) is 4.33. The van der Waals surface area contributed by atoms with Gasteiger partial charge in [0.05, 0.1) is 0 Å². The van der Waals surface area contributed by atoms with Crippen molar-refractivity contribution >= 4 is 47.6 Å². The molecule has 0 radical (unpaired) electrons. The van der Waals surface area contributed by atoms with Crippen molar-refractivity contribution in [1.82, 2.24) is 15.5 Å². The minimum Gasteiger partial charge on any atom is -0.357 e. The van der Waals surface area contributed by atoms with Gasteiger partial charge in [-0.05, 0) is 43.7 Å². The summed E-state index contributed by atoms with van der Waals surface area (Å²) in [7, 11) is 1.99. The van der Waals surface area contributed by atoms with Gasteiger partial charge in [0, 0.05) is 31.1 Å². The van der Waals surface area contributed by atoms with Crippen LogP contribution in [0.2, 0.25) is 0 Å². The van der Waals surface area contributed by atoms with Crippen molar-refractivity contribution in [3.8, 4) is 0 Å². The number of amides is 1. The van der Waals surface area contributed by atoms with Crippen LogP contribution < -0.4 is 10.6 Å². The molecule has 1 aromatic rings. The standard InChI is InChI=1S/C17H26N4OS.HI/c1-4-18-17(19-11-16(22)20-14-7-8-14)21(2)12-13-5-9-15(23-3)10-6-13;/h5-6,9-10,14H,4,7-8,11-12H2,1-3H3,(H,18,19)(H,20,22);1H. The molecule has 0 saturated heterocycles. The molecule has 0 heterocycles. The maximum absolute atomic E-state index is 11.8. The minimum absolute atomic E-state index is 0. The molecule has 134 valence electrons. The first-order valence-corrected chi connectivity index (χ1v) is 9.26. The van der Waals surface area contributed by atoms with Gasteiger partial charge >= 0.3 is 0 Å². The molecule has 0 atom stereocenters. The largest absolute Gasteiger partial charge is 0.357 e. The molecule has 0 aromatic heterocycles. The van der Waals surface area contributed by atoms with Gasteiger partial charge in [-0.25, -0.2) is 4.99 Å². The minimum atomic E-state index is 0. The molecule has 7 heteroatoms. The van der Waals surface area contributed by atoms with Crippen LogP contribution in [0.1, 0.15) is 25.3 Å². The SMILES string of the molecule is CCNC(=NCC(=O)NC1CC1)N(C)Cc1ccc(SC)cc1.I. The van der Waals surface area contributed by atoms with Crippen molar-refractivity contribution in [3.63, 3.8) is 0 Å². The number of nitrogens with zero attached hydrogens (tertiary/aromatic N) is 2. The second kappa shape index (κ2) is 10.8. The van der Waals surface area contributed by atoms with Crippen LogP contribution in [0.3, 0.4) is 0 Å². The summed E-state index contributed by atoms with van der Waals surface area (Å²) in [6.45, 7) is 3.74. The van der Waals surface area contributed by atoms with E-state index >= 15 is 0 Å². The van der Waals surface area contributed by atoms with E-state index in [0.29, 0.717) is 6.04 Å². The number of aliphatic imine (C=N–C) groups is 1. The molecule has 1 aliphatic carbocycles. The highest BCUT2D eigenvalue weighted by Gasteiger charge is 2.22. The Hall–Kier alpha value is -0.960. The molecule has 0 unspecified atom stereocenters. The van der Waals surface area contributed by atoms with Gasteiger partial charge in [-0.2, -0.15) is 0 Å². The first-order chi connectivity index (χ1) is 11.1. The molecule has 5 nitrogen and oxygen atoms in total. The van der Waals surface area contributed by atoms with Gasteiger partial charge in [0.25, 0.3) is 0 Å². The van der Waals surface area contributed by atoms with E-state index in [4.69, 9.17) is 0 Å². The third kappa shape index (κ3) is 7.29. The number of carbonyl (C=O) groups excluding carboxylic acids is 1. The fourth-order valence-electron chi connectivity index (χ4n) is 2.20.